The summed E-state index contributed by atoms with van der Waals surface area (Å²) in [6.45, 7) is 16.3. The average Bonchev–Trinajstić information content (AvgIpc) is 2.73. The van der Waals surface area contributed by atoms with Crippen LogP contribution in [0.5, 0.6) is 5.75 Å². The van der Waals surface area contributed by atoms with E-state index in [0.717, 1.165) is 17.1 Å². The van der Waals surface area contributed by atoms with Crippen molar-refractivity contribution in [3.63, 3.8) is 0 Å². The molecule has 1 aliphatic heterocycles. The molecule has 0 atom stereocenters. The van der Waals surface area contributed by atoms with Crippen molar-refractivity contribution >= 4 is 32.3 Å². The van der Waals surface area contributed by atoms with Crippen molar-refractivity contribution in [2.45, 2.75) is 71.2 Å². The minimum absolute atomic E-state index is 0.156. The van der Waals surface area contributed by atoms with Crippen LogP contribution in [-0.4, -0.2) is 46.9 Å². The van der Waals surface area contributed by atoms with Crippen molar-refractivity contribution < 1.29 is 23.5 Å². The zero-order valence-electron chi connectivity index (χ0n) is 18.5. The highest BCUT2D eigenvalue weighted by Gasteiger charge is 2.53. The Morgan fingerprint density at radius 1 is 1.07 bits per heavy atom. The summed E-state index contributed by atoms with van der Waals surface area (Å²) >= 11 is 6.32. The van der Waals surface area contributed by atoms with Crippen molar-refractivity contribution in [3.05, 3.63) is 22.7 Å². The lowest BCUT2D eigenvalue weighted by molar-refractivity contribution is 0.00578. The van der Waals surface area contributed by atoms with Gasteiger partial charge in [0.1, 0.15) is 5.75 Å². The van der Waals surface area contributed by atoms with Crippen LogP contribution in [0.15, 0.2) is 12.1 Å². The lowest BCUT2D eigenvalue weighted by Crippen LogP contribution is -2.41. The van der Waals surface area contributed by atoms with Crippen molar-refractivity contribution in [1.82, 2.24) is 0 Å². The van der Waals surface area contributed by atoms with Gasteiger partial charge in [0.05, 0.1) is 17.8 Å². The van der Waals surface area contributed by atoms with Gasteiger partial charge in [-0.1, -0.05) is 31.2 Å². The predicted octanol–water partition coefficient (Wildman–Crippen LogP) is 4.48. The Labute approximate surface area is 176 Å². The fourth-order valence-corrected chi connectivity index (χ4v) is 3.80. The van der Waals surface area contributed by atoms with Crippen LogP contribution in [-0.2, 0) is 25.4 Å². The first-order chi connectivity index (χ1) is 12.9. The van der Waals surface area contributed by atoms with Crippen LogP contribution in [0.25, 0.3) is 0 Å². The zero-order chi connectivity index (χ0) is 21.2. The van der Waals surface area contributed by atoms with Crippen LogP contribution in [0.1, 0.15) is 33.3 Å². The molecule has 0 spiro atoms. The van der Waals surface area contributed by atoms with E-state index in [0.29, 0.717) is 24.0 Å². The third kappa shape index (κ3) is 5.97. The summed E-state index contributed by atoms with van der Waals surface area (Å²) in [4.78, 5) is 0. The maximum absolute atomic E-state index is 6.32. The molecular formula is C20H34BClO5Si. The van der Waals surface area contributed by atoms with E-state index in [1.54, 1.807) is 13.2 Å². The Bertz CT molecular complexity index is 659. The molecule has 0 saturated carbocycles. The number of methoxy groups -OCH3 is 1. The highest BCUT2D eigenvalue weighted by atomic mass is 35.5. The first-order valence-corrected chi connectivity index (χ1v) is 13.8. The lowest BCUT2D eigenvalue weighted by Gasteiger charge is -2.32. The molecular weight excluding hydrogens is 395 g/mol. The van der Waals surface area contributed by atoms with Gasteiger partial charge in [0.15, 0.2) is 6.79 Å². The third-order valence-corrected chi connectivity index (χ3v) is 7.20. The Morgan fingerprint density at radius 2 is 1.68 bits per heavy atom. The summed E-state index contributed by atoms with van der Waals surface area (Å²) in [6.07, 6.45) is 0. The van der Waals surface area contributed by atoms with Crippen molar-refractivity contribution in [2.75, 3.05) is 20.5 Å². The van der Waals surface area contributed by atoms with Gasteiger partial charge in [0.2, 0.25) is 0 Å². The highest BCUT2D eigenvalue weighted by Crippen LogP contribution is 2.38. The average molecular weight is 429 g/mol. The molecule has 0 amide bonds. The highest BCUT2D eigenvalue weighted by molar-refractivity contribution is 6.76. The van der Waals surface area contributed by atoms with Crippen molar-refractivity contribution in [2.24, 2.45) is 0 Å². The first-order valence-electron chi connectivity index (χ1n) is 9.74. The van der Waals surface area contributed by atoms with Gasteiger partial charge in [-0.15, -0.1) is 0 Å². The minimum Gasteiger partial charge on any atom is -0.468 e. The van der Waals surface area contributed by atoms with E-state index in [2.05, 4.69) is 19.6 Å². The van der Waals surface area contributed by atoms with Gasteiger partial charge < -0.3 is 23.5 Å². The molecule has 0 bridgehead atoms. The fraction of sp³-hybridized carbons (Fsp3) is 0.700. The Kier molecular flexibility index (Phi) is 7.67. The van der Waals surface area contributed by atoms with Crippen LogP contribution in [0.2, 0.25) is 30.7 Å². The maximum atomic E-state index is 6.32. The van der Waals surface area contributed by atoms with Crippen LogP contribution >= 0.6 is 11.6 Å². The second kappa shape index (κ2) is 9.06. The molecule has 2 rings (SSSR count). The number of hydrogen-bond donors (Lipinski definition) is 0. The van der Waals surface area contributed by atoms with E-state index in [1.165, 1.54) is 0 Å². The largest absolute Gasteiger partial charge is 0.499 e. The summed E-state index contributed by atoms with van der Waals surface area (Å²) in [5.41, 5.74) is 0.781. The Hall–Kier alpha value is -0.568. The summed E-state index contributed by atoms with van der Waals surface area (Å²) < 4.78 is 29.5. The van der Waals surface area contributed by atoms with Gasteiger partial charge in [-0.3, -0.25) is 0 Å². The number of halogens is 1. The smallest absolute Gasteiger partial charge is 0.468 e. The summed E-state index contributed by atoms with van der Waals surface area (Å²) in [5, 5.41) is 0.574. The zero-order valence-corrected chi connectivity index (χ0v) is 20.2. The summed E-state index contributed by atoms with van der Waals surface area (Å²) in [5.74, 6) is 0.603. The summed E-state index contributed by atoms with van der Waals surface area (Å²) in [6, 6.07) is 4.73. The molecule has 1 aromatic carbocycles. The second-order valence-electron chi connectivity index (χ2n) is 9.48. The fourth-order valence-electron chi connectivity index (χ4n) is 2.81. The maximum Gasteiger partial charge on any atom is 0.499 e. The van der Waals surface area contributed by atoms with Crippen molar-refractivity contribution in [1.29, 1.82) is 0 Å². The van der Waals surface area contributed by atoms with Crippen molar-refractivity contribution in [3.8, 4) is 5.75 Å². The predicted molar refractivity (Wildman–Crippen MR) is 117 cm³/mol. The molecule has 0 aromatic heterocycles. The van der Waals surface area contributed by atoms with E-state index in [4.69, 9.17) is 35.1 Å². The molecule has 0 N–H and O–H groups in total. The second-order valence-corrected chi connectivity index (χ2v) is 15.5. The van der Waals surface area contributed by atoms with E-state index in [1.807, 2.05) is 33.8 Å². The van der Waals surface area contributed by atoms with Gasteiger partial charge >= 0.3 is 7.12 Å². The van der Waals surface area contributed by atoms with Gasteiger partial charge in [-0.05, 0) is 51.4 Å². The Morgan fingerprint density at radius 3 is 2.21 bits per heavy atom. The van der Waals surface area contributed by atoms with Crippen LogP contribution in [0, 0.1) is 0 Å². The van der Waals surface area contributed by atoms with E-state index in [-0.39, 0.29) is 6.79 Å². The molecule has 1 heterocycles. The van der Waals surface area contributed by atoms with Crippen LogP contribution in [0.4, 0.5) is 0 Å². The van der Waals surface area contributed by atoms with E-state index < -0.39 is 26.4 Å². The number of ether oxygens (including phenoxy) is 3. The topological polar surface area (TPSA) is 46.2 Å². The molecule has 5 nitrogen and oxygen atoms in total. The normalized spacial score (nSPS) is 18.5. The number of benzene rings is 1. The Balaban J connectivity index is 2.22. The standard InChI is InChI=1S/C20H34BClO5Si/c1-19(2)20(3,4)27-21(26-19)18-15(13-23-5)11-16(22)12-17(18)25-14-24-9-10-28(6,7)8/h11-12H,9-10,13-14H2,1-8H3. The van der Waals surface area contributed by atoms with Gasteiger partial charge in [-0.25, -0.2) is 0 Å². The summed E-state index contributed by atoms with van der Waals surface area (Å²) in [7, 11) is -0.0551. The molecule has 0 unspecified atom stereocenters. The van der Waals surface area contributed by atoms with Gasteiger partial charge in [0.25, 0.3) is 0 Å². The minimum atomic E-state index is -1.14. The first kappa shape index (κ1) is 23.7. The molecule has 0 radical (unpaired) electrons. The molecule has 8 heteroatoms. The molecule has 158 valence electrons. The van der Waals surface area contributed by atoms with E-state index in [9.17, 15) is 0 Å². The molecule has 1 fully saturated rings. The monoisotopic (exact) mass is 428 g/mol. The molecule has 1 saturated heterocycles. The number of rotatable bonds is 9. The molecule has 28 heavy (non-hydrogen) atoms. The van der Waals surface area contributed by atoms with Gasteiger partial charge in [0, 0.05) is 32.3 Å². The third-order valence-electron chi connectivity index (χ3n) is 5.28. The van der Waals surface area contributed by atoms with Crippen LogP contribution < -0.4 is 10.2 Å². The quantitative estimate of drug-likeness (QED) is 0.330. The van der Waals surface area contributed by atoms with Crippen LogP contribution in [0.3, 0.4) is 0 Å². The number of hydrogen-bond acceptors (Lipinski definition) is 5. The van der Waals surface area contributed by atoms with E-state index >= 15 is 0 Å². The SMILES string of the molecule is COCc1cc(Cl)cc(OCOCC[Si](C)(C)C)c1B1OC(C)(C)C(C)(C)O1. The molecule has 1 aliphatic rings. The van der Waals surface area contributed by atoms with Gasteiger partial charge in [-0.2, -0.15) is 0 Å². The molecule has 1 aromatic rings. The molecule has 0 aliphatic carbocycles. The lowest BCUT2D eigenvalue weighted by atomic mass is 9.75.